The Balaban J connectivity index is 1.66. The van der Waals surface area contributed by atoms with Crippen LogP contribution in [0.15, 0.2) is 40.8 Å². The molecule has 1 aliphatic rings. The molecule has 3 rings (SSSR count). The molecule has 0 radical (unpaired) electrons. The van der Waals surface area contributed by atoms with E-state index in [4.69, 9.17) is 4.42 Å². The van der Waals surface area contributed by atoms with Gasteiger partial charge >= 0.3 is 0 Å². The summed E-state index contributed by atoms with van der Waals surface area (Å²) in [5, 5.41) is 5.57. The minimum Gasteiger partial charge on any atom is -0.456 e. The number of benzene rings is 1. The van der Waals surface area contributed by atoms with Crippen LogP contribution < -0.4 is 15.5 Å². The first-order valence-electron chi connectivity index (χ1n) is 7.11. The molecule has 0 atom stereocenters. The average molecular weight is 299 g/mol. The molecule has 2 aromatic rings. The van der Waals surface area contributed by atoms with E-state index in [2.05, 4.69) is 10.6 Å². The molecule has 114 valence electrons. The molecule has 0 spiro atoms. The van der Waals surface area contributed by atoms with E-state index in [0.717, 1.165) is 12.2 Å². The van der Waals surface area contributed by atoms with E-state index in [-0.39, 0.29) is 17.6 Å². The minimum atomic E-state index is -0.279. The molecular formula is C16H17N3O3. The molecule has 0 unspecified atom stereocenters. The van der Waals surface area contributed by atoms with E-state index in [9.17, 15) is 9.59 Å². The van der Waals surface area contributed by atoms with Gasteiger partial charge in [0, 0.05) is 24.5 Å². The SMILES string of the molecule is Cc1ccc(C(=O)Nc2ccc(N3CCNC(=O)C3)cc2)o1. The first kappa shape index (κ1) is 14.2. The number of hydrogen-bond donors (Lipinski definition) is 2. The molecule has 1 aromatic carbocycles. The molecule has 0 aliphatic carbocycles. The highest BCUT2D eigenvalue weighted by molar-refractivity contribution is 6.02. The topological polar surface area (TPSA) is 74.6 Å². The van der Waals surface area contributed by atoms with Crippen molar-refractivity contribution in [1.29, 1.82) is 0 Å². The lowest BCUT2D eigenvalue weighted by atomic mass is 10.2. The monoisotopic (exact) mass is 299 g/mol. The van der Waals surface area contributed by atoms with Crippen LogP contribution >= 0.6 is 0 Å². The summed E-state index contributed by atoms with van der Waals surface area (Å²) >= 11 is 0. The van der Waals surface area contributed by atoms with Crippen LogP contribution in [0.4, 0.5) is 11.4 Å². The second kappa shape index (κ2) is 5.93. The molecule has 1 saturated heterocycles. The van der Waals surface area contributed by atoms with Gasteiger partial charge in [-0.05, 0) is 43.3 Å². The van der Waals surface area contributed by atoms with Gasteiger partial charge in [-0.15, -0.1) is 0 Å². The molecule has 2 amide bonds. The highest BCUT2D eigenvalue weighted by Crippen LogP contribution is 2.19. The average Bonchev–Trinajstić information content (AvgIpc) is 2.95. The Morgan fingerprint density at radius 2 is 2.00 bits per heavy atom. The molecular weight excluding hydrogens is 282 g/mol. The summed E-state index contributed by atoms with van der Waals surface area (Å²) in [4.78, 5) is 25.4. The predicted octanol–water partition coefficient (Wildman–Crippen LogP) is 1.78. The second-order valence-electron chi connectivity index (χ2n) is 5.18. The lowest BCUT2D eigenvalue weighted by Crippen LogP contribution is -2.47. The second-order valence-corrected chi connectivity index (χ2v) is 5.18. The first-order chi connectivity index (χ1) is 10.6. The van der Waals surface area contributed by atoms with Crippen LogP contribution in [-0.2, 0) is 4.79 Å². The molecule has 6 nitrogen and oxygen atoms in total. The summed E-state index contributed by atoms with van der Waals surface area (Å²) in [6.45, 7) is 3.58. The van der Waals surface area contributed by atoms with Gasteiger partial charge in [0.2, 0.25) is 5.91 Å². The number of piperazine rings is 1. The number of nitrogens with one attached hydrogen (secondary N) is 2. The Morgan fingerprint density at radius 3 is 2.64 bits per heavy atom. The number of anilines is 2. The van der Waals surface area contributed by atoms with E-state index in [1.54, 1.807) is 19.1 Å². The number of carbonyl (C=O) groups is 2. The minimum absolute atomic E-state index is 0.0248. The van der Waals surface area contributed by atoms with Crippen molar-refractivity contribution in [2.75, 3.05) is 29.9 Å². The standard InChI is InChI=1S/C16H17N3O3/c1-11-2-7-14(22-11)16(21)18-12-3-5-13(6-4-12)19-9-8-17-15(20)10-19/h2-7H,8-10H2,1H3,(H,17,20)(H,18,21). The van der Waals surface area contributed by atoms with E-state index in [1.807, 2.05) is 29.2 Å². The van der Waals surface area contributed by atoms with Crippen LogP contribution in [0.3, 0.4) is 0 Å². The molecule has 0 saturated carbocycles. The van der Waals surface area contributed by atoms with Crippen molar-refractivity contribution < 1.29 is 14.0 Å². The number of amides is 2. The van der Waals surface area contributed by atoms with Gasteiger partial charge in [-0.3, -0.25) is 9.59 Å². The van der Waals surface area contributed by atoms with E-state index in [1.165, 1.54) is 0 Å². The zero-order chi connectivity index (χ0) is 15.5. The van der Waals surface area contributed by atoms with Crippen molar-refractivity contribution in [2.45, 2.75) is 6.92 Å². The zero-order valence-corrected chi connectivity index (χ0v) is 12.3. The summed E-state index contributed by atoms with van der Waals surface area (Å²) in [6, 6.07) is 10.8. The summed E-state index contributed by atoms with van der Waals surface area (Å²) in [5.74, 6) is 0.730. The molecule has 1 aromatic heterocycles. The molecule has 2 N–H and O–H groups in total. The molecule has 6 heteroatoms. The fourth-order valence-electron chi connectivity index (χ4n) is 2.36. The Labute approximate surface area is 128 Å². The number of aryl methyl sites for hydroxylation is 1. The Bertz CT molecular complexity index is 691. The molecule has 0 bridgehead atoms. The van der Waals surface area contributed by atoms with E-state index in [0.29, 0.717) is 24.5 Å². The maximum atomic E-state index is 12.0. The van der Waals surface area contributed by atoms with Crippen LogP contribution in [0.2, 0.25) is 0 Å². The molecule has 2 heterocycles. The lowest BCUT2D eigenvalue weighted by Gasteiger charge is -2.28. The third kappa shape index (κ3) is 3.11. The number of hydrogen-bond acceptors (Lipinski definition) is 4. The quantitative estimate of drug-likeness (QED) is 0.906. The summed E-state index contributed by atoms with van der Waals surface area (Å²) < 4.78 is 5.28. The lowest BCUT2D eigenvalue weighted by molar-refractivity contribution is -0.120. The maximum Gasteiger partial charge on any atom is 0.291 e. The highest BCUT2D eigenvalue weighted by atomic mass is 16.3. The fourth-order valence-corrected chi connectivity index (χ4v) is 2.36. The van der Waals surface area contributed by atoms with Crippen LogP contribution in [0.5, 0.6) is 0 Å². The van der Waals surface area contributed by atoms with E-state index >= 15 is 0 Å². The molecule has 1 aliphatic heterocycles. The van der Waals surface area contributed by atoms with Gasteiger partial charge in [0.25, 0.3) is 5.91 Å². The van der Waals surface area contributed by atoms with Crippen molar-refractivity contribution in [3.8, 4) is 0 Å². The van der Waals surface area contributed by atoms with Gasteiger partial charge in [0.05, 0.1) is 6.54 Å². The fraction of sp³-hybridized carbons (Fsp3) is 0.250. The summed E-state index contributed by atoms with van der Waals surface area (Å²) in [6.07, 6.45) is 0. The summed E-state index contributed by atoms with van der Waals surface area (Å²) in [7, 11) is 0. The molecule has 22 heavy (non-hydrogen) atoms. The zero-order valence-electron chi connectivity index (χ0n) is 12.3. The third-order valence-corrected chi connectivity index (χ3v) is 3.49. The number of rotatable bonds is 3. The van der Waals surface area contributed by atoms with Gasteiger partial charge < -0.3 is 20.0 Å². The Morgan fingerprint density at radius 1 is 1.23 bits per heavy atom. The number of furan rings is 1. The normalized spacial score (nSPS) is 14.6. The third-order valence-electron chi connectivity index (χ3n) is 3.49. The van der Waals surface area contributed by atoms with Gasteiger partial charge in [-0.25, -0.2) is 0 Å². The molecule has 1 fully saturated rings. The van der Waals surface area contributed by atoms with Gasteiger partial charge in [-0.2, -0.15) is 0 Å². The van der Waals surface area contributed by atoms with Crippen LogP contribution in [0, 0.1) is 6.92 Å². The van der Waals surface area contributed by atoms with Gasteiger partial charge in [0.15, 0.2) is 5.76 Å². The number of carbonyl (C=O) groups excluding carboxylic acids is 2. The largest absolute Gasteiger partial charge is 0.456 e. The van der Waals surface area contributed by atoms with Crippen molar-refractivity contribution in [3.63, 3.8) is 0 Å². The van der Waals surface area contributed by atoms with E-state index < -0.39 is 0 Å². The highest BCUT2D eigenvalue weighted by Gasteiger charge is 2.16. The van der Waals surface area contributed by atoms with Gasteiger partial charge in [0.1, 0.15) is 5.76 Å². The first-order valence-corrected chi connectivity index (χ1v) is 7.11. The Hall–Kier alpha value is -2.76. The van der Waals surface area contributed by atoms with Crippen molar-refractivity contribution in [3.05, 3.63) is 47.9 Å². The van der Waals surface area contributed by atoms with Crippen LogP contribution in [0.1, 0.15) is 16.3 Å². The summed E-state index contributed by atoms with van der Waals surface area (Å²) in [5.41, 5.74) is 1.64. The Kier molecular flexibility index (Phi) is 3.82. The van der Waals surface area contributed by atoms with Gasteiger partial charge in [-0.1, -0.05) is 0 Å². The number of nitrogens with zero attached hydrogens (tertiary/aromatic N) is 1. The van der Waals surface area contributed by atoms with Crippen LogP contribution in [-0.4, -0.2) is 31.4 Å². The van der Waals surface area contributed by atoms with Crippen LogP contribution in [0.25, 0.3) is 0 Å². The van der Waals surface area contributed by atoms with Crippen molar-refractivity contribution in [2.24, 2.45) is 0 Å². The smallest absolute Gasteiger partial charge is 0.291 e. The predicted molar refractivity (Wildman–Crippen MR) is 83.1 cm³/mol. The van der Waals surface area contributed by atoms with Crippen molar-refractivity contribution >= 4 is 23.2 Å². The maximum absolute atomic E-state index is 12.0. The van der Waals surface area contributed by atoms with Crippen molar-refractivity contribution in [1.82, 2.24) is 5.32 Å².